The number of benzene rings is 3. The standard InChI is InChI=1S/C46H59BN6O6Si/c1-31-40(28-49-53(31)34-19-20-34)52(43(54)58-44(2,3)4)42-48-27-33-25-38(47(55)56)37(26-39(33)50-42)32-21-23-51(24-22-32)46(8)30-57-29-41(46)59-60(45(5,6)7,35-15-11-9-12-16-35)36-17-13-10-14-18-36/h9-18,25-28,32,34,41,55-56H,19-24,29-30H2,1-8H3/t41-,46+/m1/s1. The van der Waals surface area contributed by atoms with Gasteiger partial charge in [0.05, 0.1) is 54.0 Å². The van der Waals surface area contributed by atoms with Gasteiger partial charge in [-0.15, -0.1) is 0 Å². The molecule has 2 atom stereocenters. The second kappa shape index (κ2) is 16.1. The number of rotatable bonds is 10. The zero-order chi connectivity index (χ0) is 42.6. The molecule has 12 nitrogen and oxygen atoms in total. The summed E-state index contributed by atoms with van der Waals surface area (Å²) in [5.74, 6) is 0.193. The Labute approximate surface area is 355 Å². The molecule has 3 aromatic carbocycles. The van der Waals surface area contributed by atoms with Gasteiger partial charge in [0, 0.05) is 11.6 Å². The summed E-state index contributed by atoms with van der Waals surface area (Å²) in [5, 5.41) is 29.0. The highest BCUT2D eigenvalue weighted by Crippen LogP contribution is 2.43. The lowest BCUT2D eigenvalue weighted by atomic mass is 9.71. The van der Waals surface area contributed by atoms with Crippen molar-refractivity contribution in [1.82, 2.24) is 24.6 Å². The fraction of sp³-hybridized carbons (Fsp3) is 0.478. The number of aromatic nitrogens is 4. The molecule has 2 saturated heterocycles. The van der Waals surface area contributed by atoms with E-state index in [1.165, 1.54) is 15.3 Å². The van der Waals surface area contributed by atoms with Crippen LogP contribution in [0.1, 0.15) is 97.4 Å². The minimum Gasteiger partial charge on any atom is -0.443 e. The molecule has 2 N–H and O–H groups in total. The van der Waals surface area contributed by atoms with Gasteiger partial charge in [-0.3, -0.25) is 9.58 Å². The third-order valence-corrected chi connectivity index (χ3v) is 17.8. The molecule has 0 radical (unpaired) electrons. The summed E-state index contributed by atoms with van der Waals surface area (Å²) < 4.78 is 21.8. The Morgan fingerprint density at radius 2 is 1.57 bits per heavy atom. The van der Waals surface area contributed by atoms with Crippen LogP contribution in [0.15, 0.2) is 85.2 Å². The first-order chi connectivity index (χ1) is 28.5. The number of carbonyl (C=O) groups is 1. The number of hydrogen-bond acceptors (Lipinski definition) is 10. The largest absolute Gasteiger partial charge is 0.488 e. The highest BCUT2D eigenvalue weighted by atomic mass is 28.4. The van der Waals surface area contributed by atoms with E-state index in [0.717, 1.165) is 50.0 Å². The van der Waals surface area contributed by atoms with Crippen LogP contribution in [-0.4, -0.2) is 99.8 Å². The van der Waals surface area contributed by atoms with Gasteiger partial charge in [0.2, 0.25) is 5.95 Å². The highest BCUT2D eigenvalue weighted by molar-refractivity contribution is 6.99. The monoisotopic (exact) mass is 830 g/mol. The number of piperidine rings is 1. The van der Waals surface area contributed by atoms with E-state index in [-0.39, 0.29) is 28.5 Å². The lowest BCUT2D eigenvalue weighted by molar-refractivity contribution is 0.00487. The molecule has 3 aliphatic rings. The van der Waals surface area contributed by atoms with Crippen molar-refractivity contribution in [1.29, 1.82) is 0 Å². The Kier molecular flexibility index (Phi) is 11.3. The molecule has 8 rings (SSSR count). The van der Waals surface area contributed by atoms with Crippen LogP contribution in [0, 0.1) is 6.92 Å². The van der Waals surface area contributed by atoms with Gasteiger partial charge >= 0.3 is 13.2 Å². The first-order valence-corrected chi connectivity index (χ1v) is 23.3. The molecule has 0 bridgehead atoms. The maximum absolute atomic E-state index is 13.9. The average Bonchev–Trinajstić information content (AvgIpc) is 3.89. The van der Waals surface area contributed by atoms with Gasteiger partial charge in [0.15, 0.2) is 0 Å². The number of amides is 1. The van der Waals surface area contributed by atoms with Crippen molar-refractivity contribution in [2.45, 2.75) is 115 Å². The second-order valence-electron chi connectivity index (χ2n) is 19.1. The molecule has 2 aliphatic heterocycles. The van der Waals surface area contributed by atoms with Gasteiger partial charge in [0.25, 0.3) is 8.32 Å². The van der Waals surface area contributed by atoms with E-state index in [4.69, 9.17) is 18.9 Å². The quantitative estimate of drug-likeness (QED) is 0.158. The first-order valence-electron chi connectivity index (χ1n) is 21.4. The summed E-state index contributed by atoms with van der Waals surface area (Å²) in [5.41, 5.74) is 2.13. The van der Waals surface area contributed by atoms with E-state index in [2.05, 4.69) is 103 Å². The van der Waals surface area contributed by atoms with E-state index >= 15 is 0 Å². The van der Waals surface area contributed by atoms with Crippen molar-refractivity contribution >= 4 is 59.9 Å². The number of hydrogen-bond donors (Lipinski definition) is 2. The predicted octanol–water partition coefficient (Wildman–Crippen LogP) is 6.14. The van der Waals surface area contributed by atoms with E-state index in [9.17, 15) is 14.8 Å². The van der Waals surface area contributed by atoms with Gasteiger partial charge in [-0.1, -0.05) is 87.5 Å². The molecular weight excluding hydrogens is 771 g/mol. The Morgan fingerprint density at radius 3 is 2.13 bits per heavy atom. The third kappa shape index (κ3) is 7.93. The summed E-state index contributed by atoms with van der Waals surface area (Å²) in [6.07, 6.45) is 6.20. The van der Waals surface area contributed by atoms with E-state index in [1.54, 1.807) is 18.5 Å². The molecular formula is C46H59BN6O6Si. The van der Waals surface area contributed by atoms with Crippen molar-refractivity contribution in [3.8, 4) is 0 Å². The highest BCUT2D eigenvalue weighted by Gasteiger charge is 2.56. The van der Waals surface area contributed by atoms with Crippen LogP contribution >= 0.6 is 0 Å². The Morgan fingerprint density at radius 1 is 0.933 bits per heavy atom. The lowest BCUT2D eigenvalue weighted by Crippen LogP contribution is -2.70. The smallest absolute Gasteiger partial charge is 0.443 e. The first kappa shape index (κ1) is 42.3. The van der Waals surface area contributed by atoms with Crippen LogP contribution < -0.4 is 20.7 Å². The zero-order valence-electron chi connectivity index (χ0n) is 36.3. The van der Waals surface area contributed by atoms with Crippen molar-refractivity contribution in [3.63, 3.8) is 0 Å². The van der Waals surface area contributed by atoms with E-state index in [1.807, 2.05) is 38.4 Å². The van der Waals surface area contributed by atoms with Gasteiger partial charge < -0.3 is 23.9 Å². The van der Waals surface area contributed by atoms with Crippen LogP contribution in [0.2, 0.25) is 5.04 Å². The zero-order valence-corrected chi connectivity index (χ0v) is 37.3. The second-order valence-corrected chi connectivity index (χ2v) is 23.3. The third-order valence-electron chi connectivity index (χ3n) is 12.7. The molecule has 60 heavy (non-hydrogen) atoms. The van der Waals surface area contributed by atoms with Crippen LogP contribution in [0.25, 0.3) is 10.9 Å². The molecule has 4 heterocycles. The summed E-state index contributed by atoms with van der Waals surface area (Å²) in [7, 11) is -4.53. The summed E-state index contributed by atoms with van der Waals surface area (Å²) in [6.45, 7) is 19.2. The molecule has 0 spiro atoms. The van der Waals surface area contributed by atoms with Crippen LogP contribution in [-0.2, 0) is 13.9 Å². The van der Waals surface area contributed by atoms with Crippen LogP contribution in [0.3, 0.4) is 0 Å². The lowest BCUT2D eigenvalue weighted by Gasteiger charge is -2.50. The molecule has 3 fully saturated rings. The van der Waals surface area contributed by atoms with Crippen LogP contribution in [0.5, 0.6) is 0 Å². The van der Waals surface area contributed by atoms with Gasteiger partial charge in [-0.2, -0.15) is 5.10 Å². The van der Waals surface area contributed by atoms with Crippen molar-refractivity contribution in [2.75, 3.05) is 31.2 Å². The molecule has 316 valence electrons. The molecule has 1 aliphatic carbocycles. The maximum atomic E-state index is 13.9. The number of anilines is 2. The SMILES string of the molecule is Cc1c(N(C(=O)OC(C)(C)C)c2ncc3cc(B(O)O)c(C4CCN([C@@]5(C)COC[C@H]5O[Si](c5ccccc5)(c5ccccc5)C(C)(C)C)CC4)cc3n2)cnn1C1CC1. The number of likely N-dealkylation sites (tertiary alicyclic amines) is 1. The maximum Gasteiger partial charge on any atom is 0.488 e. The average molecular weight is 831 g/mol. The Balaban J connectivity index is 1.08. The molecule has 1 amide bonds. The fourth-order valence-electron chi connectivity index (χ4n) is 9.41. The van der Waals surface area contributed by atoms with E-state index < -0.39 is 27.1 Å². The van der Waals surface area contributed by atoms with Crippen molar-refractivity contribution in [3.05, 3.63) is 96.4 Å². The minimum absolute atomic E-state index is 0.0313. The summed E-state index contributed by atoms with van der Waals surface area (Å²) in [6, 6.07) is 25.5. The van der Waals surface area contributed by atoms with Crippen molar-refractivity contribution in [2.24, 2.45) is 0 Å². The molecule has 1 saturated carbocycles. The van der Waals surface area contributed by atoms with Crippen LogP contribution in [0.4, 0.5) is 16.4 Å². The van der Waals surface area contributed by atoms with Gasteiger partial charge in [-0.05, 0) is 112 Å². The summed E-state index contributed by atoms with van der Waals surface area (Å²) in [4.78, 5) is 27.4. The van der Waals surface area contributed by atoms with Gasteiger partial charge in [0.1, 0.15) is 5.60 Å². The molecule has 2 aromatic heterocycles. The Hall–Kier alpha value is -4.44. The summed E-state index contributed by atoms with van der Waals surface area (Å²) >= 11 is 0. The normalized spacial score (nSPS) is 20.7. The van der Waals surface area contributed by atoms with Gasteiger partial charge in [-0.25, -0.2) is 19.7 Å². The predicted molar refractivity (Wildman–Crippen MR) is 238 cm³/mol. The number of nitrogens with zero attached hydrogens (tertiary/aromatic N) is 6. The van der Waals surface area contributed by atoms with Crippen molar-refractivity contribution < 1.29 is 28.7 Å². The number of carbonyl (C=O) groups excluding carboxylic acids is 1. The Bertz CT molecular complexity index is 2280. The molecule has 5 aromatic rings. The molecule has 0 unspecified atom stereocenters. The molecule has 14 heteroatoms. The van der Waals surface area contributed by atoms with E-state index in [0.29, 0.717) is 41.3 Å². The topological polar surface area (TPSA) is 135 Å². The fourth-order valence-corrected chi connectivity index (χ4v) is 14.2. The number of fused-ring (bicyclic) bond motifs is 1. The minimum atomic E-state index is -2.85. The number of ether oxygens (including phenoxy) is 2.